The molecule has 2 fully saturated rings. The zero-order chi connectivity index (χ0) is 16.4. The highest BCUT2D eigenvalue weighted by Crippen LogP contribution is 2.43. The molecule has 0 bridgehead atoms. The van der Waals surface area contributed by atoms with Crippen molar-refractivity contribution < 1.29 is 5.11 Å². The number of benzene rings is 1. The summed E-state index contributed by atoms with van der Waals surface area (Å²) in [6.07, 6.45) is 15.3. The molecule has 0 aromatic heterocycles. The van der Waals surface area contributed by atoms with Crippen molar-refractivity contribution in [2.45, 2.75) is 82.6 Å². The van der Waals surface area contributed by atoms with Gasteiger partial charge in [-0.1, -0.05) is 57.1 Å². The second kappa shape index (κ2) is 7.47. The van der Waals surface area contributed by atoms with Crippen molar-refractivity contribution in [2.24, 2.45) is 5.92 Å². The lowest BCUT2D eigenvalue weighted by Crippen LogP contribution is -2.35. The normalized spacial score (nSPS) is 27.8. The molecular formula is C22H33NO. The number of fused-ring (bicyclic) bond motifs is 3. The summed E-state index contributed by atoms with van der Waals surface area (Å²) in [7, 11) is 0. The first kappa shape index (κ1) is 16.4. The highest BCUT2D eigenvalue weighted by molar-refractivity contribution is 5.44. The predicted molar refractivity (Wildman–Crippen MR) is 99.6 cm³/mol. The summed E-state index contributed by atoms with van der Waals surface area (Å²) in [6, 6.07) is 6.88. The van der Waals surface area contributed by atoms with Gasteiger partial charge in [0.1, 0.15) is 5.75 Å². The number of unbranched alkanes of at least 4 members (excludes halogenated alkanes) is 1. The minimum absolute atomic E-state index is 0.525. The molecule has 4 rings (SSSR count). The Bertz CT molecular complexity index is 549. The van der Waals surface area contributed by atoms with Crippen molar-refractivity contribution in [3.05, 3.63) is 29.3 Å². The molecule has 24 heavy (non-hydrogen) atoms. The van der Waals surface area contributed by atoms with Gasteiger partial charge in [-0.3, -0.25) is 4.90 Å². The summed E-state index contributed by atoms with van der Waals surface area (Å²) in [5.41, 5.74) is 2.67. The predicted octanol–water partition coefficient (Wildman–Crippen LogP) is 5.25. The van der Waals surface area contributed by atoms with Gasteiger partial charge in [0, 0.05) is 12.0 Å². The average Bonchev–Trinajstić information content (AvgIpc) is 3.03. The lowest BCUT2D eigenvalue weighted by Gasteiger charge is -2.33. The smallest absolute Gasteiger partial charge is 0.119 e. The zero-order valence-electron chi connectivity index (χ0n) is 15.1. The lowest BCUT2D eigenvalue weighted by atomic mass is 9.79. The number of nitrogens with zero attached hydrogens (tertiary/aromatic N) is 1. The zero-order valence-corrected chi connectivity index (χ0v) is 15.1. The van der Waals surface area contributed by atoms with Crippen LogP contribution in [0, 0.1) is 5.92 Å². The fraction of sp³-hybridized carbons (Fsp3) is 0.727. The van der Waals surface area contributed by atoms with E-state index < -0.39 is 0 Å². The number of hydrogen-bond acceptors (Lipinski definition) is 2. The minimum Gasteiger partial charge on any atom is -0.508 e. The van der Waals surface area contributed by atoms with Crippen LogP contribution in [-0.2, 0) is 6.42 Å². The fourth-order valence-corrected chi connectivity index (χ4v) is 5.67. The van der Waals surface area contributed by atoms with Crippen molar-refractivity contribution in [2.75, 3.05) is 13.1 Å². The van der Waals surface area contributed by atoms with Crippen LogP contribution in [0.5, 0.6) is 5.75 Å². The third-order valence-electron chi connectivity index (χ3n) is 6.97. The molecule has 0 spiro atoms. The lowest BCUT2D eigenvalue weighted by molar-refractivity contribution is 0.218. The molecule has 1 saturated carbocycles. The summed E-state index contributed by atoms with van der Waals surface area (Å²) in [5.74, 6) is 2.23. The first-order valence-electron chi connectivity index (χ1n) is 10.4. The maximum atomic E-state index is 10.1. The average molecular weight is 328 g/mol. The van der Waals surface area contributed by atoms with Crippen LogP contribution in [0.15, 0.2) is 18.2 Å². The Labute approximate surface area is 147 Å². The molecule has 1 heterocycles. The van der Waals surface area contributed by atoms with E-state index in [1.165, 1.54) is 88.4 Å². The molecule has 2 nitrogen and oxygen atoms in total. The molecule has 2 aliphatic carbocycles. The van der Waals surface area contributed by atoms with Gasteiger partial charge in [-0.15, -0.1) is 0 Å². The second-order valence-corrected chi connectivity index (χ2v) is 8.38. The Hall–Kier alpha value is -1.02. The molecule has 1 N–H and O–H groups in total. The van der Waals surface area contributed by atoms with E-state index in [9.17, 15) is 5.11 Å². The molecule has 1 saturated heterocycles. The third-order valence-corrected chi connectivity index (χ3v) is 6.97. The Morgan fingerprint density at radius 1 is 1.00 bits per heavy atom. The van der Waals surface area contributed by atoms with E-state index in [0.29, 0.717) is 11.7 Å². The molecule has 1 aromatic rings. The van der Waals surface area contributed by atoms with Crippen LogP contribution in [0.1, 0.15) is 81.3 Å². The van der Waals surface area contributed by atoms with E-state index in [1.54, 1.807) is 0 Å². The number of aromatic hydroxyl groups is 1. The largest absolute Gasteiger partial charge is 0.508 e. The molecule has 3 aliphatic rings. The van der Waals surface area contributed by atoms with Gasteiger partial charge in [0.25, 0.3) is 0 Å². The van der Waals surface area contributed by atoms with Gasteiger partial charge in [0.2, 0.25) is 0 Å². The van der Waals surface area contributed by atoms with E-state index >= 15 is 0 Å². The number of rotatable bonds is 5. The molecule has 2 unspecified atom stereocenters. The number of likely N-dealkylation sites (tertiary alicyclic amines) is 1. The third kappa shape index (κ3) is 3.35. The van der Waals surface area contributed by atoms with Gasteiger partial charge < -0.3 is 5.11 Å². The number of hydrogen-bond donors (Lipinski definition) is 1. The van der Waals surface area contributed by atoms with E-state index in [2.05, 4.69) is 11.0 Å². The highest BCUT2D eigenvalue weighted by atomic mass is 16.3. The van der Waals surface area contributed by atoms with Crippen LogP contribution >= 0.6 is 0 Å². The molecule has 2 heteroatoms. The maximum absolute atomic E-state index is 10.1. The molecule has 0 radical (unpaired) electrons. The number of phenols is 1. The quantitative estimate of drug-likeness (QED) is 0.747. The van der Waals surface area contributed by atoms with Crippen LogP contribution < -0.4 is 0 Å². The summed E-state index contributed by atoms with van der Waals surface area (Å²) in [6.45, 7) is 2.55. The van der Waals surface area contributed by atoms with Crippen LogP contribution in [0.4, 0.5) is 0 Å². The van der Waals surface area contributed by atoms with Gasteiger partial charge in [-0.05, 0) is 61.9 Å². The van der Waals surface area contributed by atoms with Crippen molar-refractivity contribution in [1.29, 1.82) is 0 Å². The fourth-order valence-electron chi connectivity index (χ4n) is 5.67. The maximum Gasteiger partial charge on any atom is 0.119 e. The standard InChI is InChI=1S/C22H33NO/c24-22-11-6-10-18-19-14-16-23(21(19)13-12-20(18)22)15-5-4-9-17-7-2-1-3-8-17/h6,10-11,17,19,21,24H,1-5,7-9,12-16H2. The van der Waals surface area contributed by atoms with E-state index in [-0.39, 0.29) is 0 Å². The first-order valence-corrected chi connectivity index (χ1v) is 10.4. The van der Waals surface area contributed by atoms with Gasteiger partial charge in [-0.2, -0.15) is 0 Å². The van der Waals surface area contributed by atoms with Crippen molar-refractivity contribution in [3.63, 3.8) is 0 Å². The van der Waals surface area contributed by atoms with Crippen LogP contribution in [0.25, 0.3) is 0 Å². The molecule has 0 amide bonds. The van der Waals surface area contributed by atoms with Crippen LogP contribution in [0.2, 0.25) is 0 Å². The molecule has 2 atom stereocenters. The van der Waals surface area contributed by atoms with Crippen LogP contribution in [-0.4, -0.2) is 29.1 Å². The van der Waals surface area contributed by atoms with Crippen LogP contribution in [0.3, 0.4) is 0 Å². The SMILES string of the molecule is Oc1cccc2c1CCC1C2CCN1CCCCC1CCCCC1. The van der Waals surface area contributed by atoms with E-state index in [0.717, 1.165) is 18.4 Å². The van der Waals surface area contributed by atoms with Gasteiger partial charge >= 0.3 is 0 Å². The van der Waals surface area contributed by atoms with Crippen molar-refractivity contribution >= 4 is 0 Å². The second-order valence-electron chi connectivity index (χ2n) is 8.38. The molecule has 1 aliphatic heterocycles. The van der Waals surface area contributed by atoms with Crippen molar-refractivity contribution in [1.82, 2.24) is 4.90 Å². The van der Waals surface area contributed by atoms with E-state index in [4.69, 9.17) is 0 Å². The minimum atomic E-state index is 0.525. The summed E-state index contributed by atoms with van der Waals surface area (Å²) < 4.78 is 0. The highest BCUT2D eigenvalue weighted by Gasteiger charge is 2.38. The summed E-state index contributed by atoms with van der Waals surface area (Å²) in [5, 5.41) is 10.1. The van der Waals surface area contributed by atoms with Crippen molar-refractivity contribution in [3.8, 4) is 5.75 Å². The Morgan fingerprint density at radius 3 is 2.75 bits per heavy atom. The summed E-state index contributed by atoms with van der Waals surface area (Å²) >= 11 is 0. The first-order chi connectivity index (χ1) is 11.8. The molecule has 132 valence electrons. The number of phenolic OH excluding ortho intramolecular Hbond substituents is 1. The Morgan fingerprint density at radius 2 is 1.88 bits per heavy atom. The molecule has 1 aromatic carbocycles. The Kier molecular flexibility index (Phi) is 5.12. The topological polar surface area (TPSA) is 23.5 Å². The molecular weight excluding hydrogens is 294 g/mol. The van der Waals surface area contributed by atoms with Gasteiger partial charge in [-0.25, -0.2) is 0 Å². The van der Waals surface area contributed by atoms with Gasteiger partial charge in [0.15, 0.2) is 0 Å². The van der Waals surface area contributed by atoms with E-state index in [1.807, 2.05) is 12.1 Å². The summed E-state index contributed by atoms with van der Waals surface area (Å²) in [4.78, 5) is 2.76. The monoisotopic (exact) mass is 327 g/mol. The Balaban J connectivity index is 1.28. The van der Waals surface area contributed by atoms with Gasteiger partial charge in [0.05, 0.1) is 0 Å².